The molecule has 0 aliphatic heterocycles. The Morgan fingerprint density at radius 2 is 1.88 bits per heavy atom. The van der Waals surface area contributed by atoms with Crippen LogP contribution in [-0.4, -0.2) is 28.9 Å². The molecule has 8 nitrogen and oxygen atoms in total. The molecule has 0 spiro atoms. The van der Waals surface area contributed by atoms with Crippen molar-refractivity contribution in [2.24, 2.45) is 0 Å². The van der Waals surface area contributed by atoms with Gasteiger partial charge in [0.25, 0.3) is 5.56 Å². The molecule has 1 atom stereocenters. The molecule has 2 heterocycles. The summed E-state index contributed by atoms with van der Waals surface area (Å²) in [7, 11) is 0. The van der Waals surface area contributed by atoms with Gasteiger partial charge in [-0.15, -0.1) is 0 Å². The van der Waals surface area contributed by atoms with E-state index in [-0.39, 0.29) is 17.9 Å². The number of rotatable bonds is 6. The standard InChI is InChI=1S/C23H18FN5O3S/c24-18-7-5-13(10-20-15-3-1-2-4-16(15)23(30)29-28-20)9-17(18)14-6-8-19-21(11-14)27-22(26-19)12-25-33(31)32/h1-9,11,25H,10,12H2,(H,26,27)(H,29,30)(H,31,32)/p-1. The number of fused-ring (bicyclic) bond motifs is 2. The minimum atomic E-state index is -2.39. The van der Waals surface area contributed by atoms with E-state index in [4.69, 9.17) is 0 Å². The number of H-pyrrole nitrogens is 2. The molecule has 0 amide bonds. The smallest absolute Gasteiger partial charge is 0.272 e. The van der Waals surface area contributed by atoms with Crippen molar-refractivity contribution in [3.63, 3.8) is 0 Å². The quantitative estimate of drug-likeness (QED) is 0.334. The van der Waals surface area contributed by atoms with Gasteiger partial charge in [-0.25, -0.2) is 19.2 Å². The molecule has 1 unspecified atom stereocenters. The first-order valence-electron chi connectivity index (χ1n) is 10.0. The number of hydrogen-bond donors (Lipinski definition) is 3. The summed E-state index contributed by atoms with van der Waals surface area (Å²) in [6, 6.07) is 17.4. The van der Waals surface area contributed by atoms with Crippen LogP contribution >= 0.6 is 0 Å². The van der Waals surface area contributed by atoms with E-state index in [2.05, 4.69) is 24.9 Å². The summed E-state index contributed by atoms with van der Waals surface area (Å²) in [4.78, 5) is 19.4. The van der Waals surface area contributed by atoms with Crippen molar-refractivity contribution >= 4 is 33.1 Å². The molecule has 5 rings (SSSR count). The lowest BCUT2D eigenvalue weighted by molar-refractivity contribution is 0.521. The molecule has 166 valence electrons. The summed E-state index contributed by atoms with van der Waals surface area (Å²) in [5, 5.41) is 8.04. The van der Waals surface area contributed by atoms with Gasteiger partial charge in [0, 0.05) is 28.6 Å². The van der Waals surface area contributed by atoms with Crippen molar-refractivity contribution in [2.45, 2.75) is 13.0 Å². The maximum Gasteiger partial charge on any atom is 0.272 e. The summed E-state index contributed by atoms with van der Waals surface area (Å²) < 4.78 is 38.4. The topological polar surface area (TPSA) is 127 Å². The highest BCUT2D eigenvalue weighted by Gasteiger charge is 2.12. The van der Waals surface area contributed by atoms with E-state index in [0.717, 1.165) is 10.9 Å². The second kappa shape index (κ2) is 8.66. The molecule has 0 aliphatic rings. The van der Waals surface area contributed by atoms with Crippen LogP contribution in [0.4, 0.5) is 4.39 Å². The van der Waals surface area contributed by atoms with Gasteiger partial charge in [-0.1, -0.05) is 30.3 Å². The lowest BCUT2D eigenvalue weighted by Gasteiger charge is -2.09. The molecule has 3 aromatic carbocycles. The van der Waals surface area contributed by atoms with Gasteiger partial charge >= 0.3 is 0 Å². The van der Waals surface area contributed by atoms with Crippen LogP contribution in [0, 0.1) is 5.82 Å². The molecule has 0 bridgehead atoms. The van der Waals surface area contributed by atoms with Gasteiger partial charge in [-0.2, -0.15) is 5.10 Å². The molecule has 5 aromatic rings. The molecule has 2 aromatic heterocycles. The van der Waals surface area contributed by atoms with E-state index in [0.29, 0.717) is 45.5 Å². The van der Waals surface area contributed by atoms with Crippen LogP contribution in [0.1, 0.15) is 17.1 Å². The molecule has 33 heavy (non-hydrogen) atoms. The van der Waals surface area contributed by atoms with Crippen LogP contribution in [0.2, 0.25) is 0 Å². The highest BCUT2D eigenvalue weighted by atomic mass is 32.2. The first-order chi connectivity index (χ1) is 16.0. The van der Waals surface area contributed by atoms with Crippen molar-refractivity contribution < 1.29 is 13.2 Å². The number of aromatic amines is 2. The summed E-state index contributed by atoms with van der Waals surface area (Å²) in [6.07, 6.45) is 0.416. The number of nitrogens with one attached hydrogen (secondary N) is 3. The van der Waals surface area contributed by atoms with E-state index in [1.54, 1.807) is 42.5 Å². The molecule has 0 saturated heterocycles. The van der Waals surface area contributed by atoms with Crippen molar-refractivity contribution in [1.82, 2.24) is 24.9 Å². The van der Waals surface area contributed by atoms with Crippen molar-refractivity contribution in [2.75, 3.05) is 0 Å². The SMILES string of the molecule is O=c1[nH]nc(Cc2ccc(F)c(-c3ccc4nc(CNS(=O)[O-])[nH]c4c3)c2)c2ccccc12. The molecular formula is C23H17FN5O3S-. The van der Waals surface area contributed by atoms with Gasteiger partial charge in [-0.05, 0) is 41.5 Å². The third kappa shape index (κ3) is 4.31. The highest BCUT2D eigenvalue weighted by molar-refractivity contribution is 7.77. The zero-order chi connectivity index (χ0) is 22.9. The Morgan fingerprint density at radius 3 is 2.70 bits per heavy atom. The second-order valence-corrected chi connectivity index (χ2v) is 8.27. The third-order valence-electron chi connectivity index (χ3n) is 5.38. The number of nitrogens with zero attached hydrogens (tertiary/aromatic N) is 2. The van der Waals surface area contributed by atoms with E-state index in [1.807, 2.05) is 12.1 Å². The minimum Gasteiger partial charge on any atom is -0.760 e. The van der Waals surface area contributed by atoms with Gasteiger partial charge in [0.05, 0.1) is 28.7 Å². The Hall–Kier alpha value is -3.73. The molecule has 0 fully saturated rings. The highest BCUT2D eigenvalue weighted by Crippen LogP contribution is 2.28. The third-order valence-corrected chi connectivity index (χ3v) is 5.76. The summed E-state index contributed by atoms with van der Waals surface area (Å²) in [6.45, 7) is 0.0318. The minimum absolute atomic E-state index is 0.0318. The van der Waals surface area contributed by atoms with E-state index >= 15 is 0 Å². The maximum absolute atomic E-state index is 14.7. The summed E-state index contributed by atoms with van der Waals surface area (Å²) in [5.74, 6) is 0.0807. The predicted molar refractivity (Wildman–Crippen MR) is 122 cm³/mol. The average Bonchev–Trinajstić information content (AvgIpc) is 3.23. The van der Waals surface area contributed by atoms with Crippen molar-refractivity contribution in [1.29, 1.82) is 0 Å². The van der Waals surface area contributed by atoms with Crippen LogP contribution in [0.5, 0.6) is 0 Å². The van der Waals surface area contributed by atoms with Crippen LogP contribution in [-0.2, 0) is 24.2 Å². The first-order valence-corrected chi connectivity index (χ1v) is 11.1. The molecular weight excluding hydrogens is 445 g/mol. The lowest BCUT2D eigenvalue weighted by Crippen LogP contribution is -2.16. The largest absolute Gasteiger partial charge is 0.760 e. The average molecular weight is 462 g/mol. The molecule has 0 saturated carbocycles. The molecule has 0 aliphatic carbocycles. The van der Waals surface area contributed by atoms with Gasteiger partial charge in [0.2, 0.25) is 0 Å². The van der Waals surface area contributed by atoms with Crippen molar-refractivity contribution in [3.05, 3.63) is 93.9 Å². The van der Waals surface area contributed by atoms with Crippen LogP contribution < -0.4 is 10.3 Å². The number of halogens is 1. The Labute approximate surface area is 189 Å². The molecule has 10 heteroatoms. The Bertz CT molecular complexity index is 1580. The zero-order valence-electron chi connectivity index (χ0n) is 17.1. The number of hydrogen-bond acceptors (Lipinski definition) is 5. The van der Waals surface area contributed by atoms with Crippen LogP contribution in [0.15, 0.2) is 65.5 Å². The van der Waals surface area contributed by atoms with Crippen molar-refractivity contribution in [3.8, 4) is 11.1 Å². The second-order valence-electron chi connectivity index (χ2n) is 7.51. The maximum atomic E-state index is 14.7. The fraction of sp³-hybridized carbons (Fsp3) is 0.0870. The van der Waals surface area contributed by atoms with Crippen LogP contribution in [0.25, 0.3) is 32.9 Å². The fourth-order valence-electron chi connectivity index (χ4n) is 3.84. The number of benzene rings is 3. The Morgan fingerprint density at radius 1 is 1.06 bits per heavy atom. The van der Waals surface area contributed by atoms with E-state index in [9.17, 15) is 17.9 Å². The molecule has 0 radical (unpaired) electrons. The Kier molecular flexibility index (Phi) is 5.55. The van der Waals surface area contributed by atoms with Gasteiger partial charge in [-0.3, -0.25) is 9.00 Å². The molecule has 3 N–H and O–H groups in total. The number of aromatic nitrogens is 4. The van der Waals surface area contributed by atoms with Crippen LogP contribution in [0.3, 0.4) is 0 Å². The monoisotopic (exact) mass is 462 g/mol. The Balaban J connectivity index is 1.49. The van der Waals surface area contributed by atoms with Gasteiger partial charge in [0.1, 0.15) is 11.6 Å². The fourth-order valence-corrected chi connectivity index (χ4v) is 4.10. The van der Waals surface area contributed by atoms with E-state index in [1.165, 1.54) is 6.07 Å². The lowest BCUT2D eigenvalue weighted by atomic mass is 9.98. The predicted octanol–water partition coefficient (Wildman–Crippen LogP) is 3.08. The normalized spacial score (nSPS) is 12.4. The first kappa shape index (κ1) is 21.1. The van der Waals surface area contributed by atoms with Gasteiger partial charge < -0.3 is 9.54 Å². The van der Waals surface area contributed by atoms with Gasteiger partial charge in [0.15, 0.2) is 0 Å². The zero-order valence-corrected chi connectivity index (χ0v) is 17.9. The number of imidazole rings is 1. The summed E-state index contributed by atoms with van der Waals surface area (Å²) >= 11 is -2.39. The summed E-state index contributed by atoms with van der Waals surface area (Å²) in [5.41, 5.74) is 3.66. The van der Waals surface area contributed by atoms with E-state index < -0.39 is 11.3 Å².